The van der Waals surface area contributed by atoms with Crippen molar-refractivity contribution in [3.8, 4) is 5.75 Å². The molecule has 2 aromatic rings. The Hall–Kier alpha value is -5.21. The number of ether oxygens (including phenoxy) is 4. The predicted octanol–water partition coefficient (Wildman–Crippen LogP) is 3.24. The van der Waals surface area contributed by atoms with Crippen LogP contribution in [0.1, 0.15) is 46.1 Å². The Morgan fingerprint density at radius 3 is 2.13 bits per heavy atom. The van der Waals surface area contributed by atoms with Crippen molar-refractivity contribution in [1.82, 2.24) is 15.5 Å². The number of amides is 3. The fraction of sp³-hybridized carbons (Fsp3) is 0.433. The molecule has 45 heavy (non-hydrogen) atoms. The molecule has 0 radical (unpaired) electrons. The van der Waals surface area contributed by atoms with E-state index in [2.05, 4.69) is 10.6 Å². The fourth-order valence-corrected chi connectivity index (χ4v) is 4.43. The third-order valence-electron chi connectivity index (χ3n) is 6.39. The Bertz CT molecular complexity index is 1380. The van der Waals surface area contributed by atoms with Crippen molar-refractivity contribution in [2.45, 2.75) is 70.9 Å². The molecule has 0 saturated carbocycles. The first-order valence-corrected chi connectivity index (χ1v) is 14.2. The summed E-state index contributed by atoms with van der Waals surface area (Å²) in [6.45, 7) is 5.91. The molecule has 0 aromatic heterocycles. The molecule has 1 saturated heterocycles. The van der Waals surface area contributed by atoms with Crippen LogP contribution in [0.2, 0.25) is 0 Å². The van der Waals surface area contributed by atoms with Crippen LogP contribution in [0.5, 0.6) is 5.75 Å². The number of nitro groups is 1. The lowest BCUT2D eigenvalue weighted by atomic mass is 10.2. The maximum atomic E-state index is 14.0. The number of nitrogens with one attached hydrogen (secondary N) is 2. The van der Waals surface area contributed by atoms with Crippen molar-refractivity contribution in [3.05, 3.63) is 70.3 Å². The van der Waals surface area contributed by atoms with Crippen molar-refractivity contribution in [1.29, 1.82) is 0 Å². The van der Waals surface area contributed by atoms with Crippen LogP contribution in [-0.2, 0) is 35.2 Å². The highest BCUT2D eigenvalue weighted by molar-refractivity contribution is 5.95. The van der Waals surface area contributed by atoms with Crippen LogP contribution < -0.4 is 15.4 Å². The van der Waals surface area contributed by atoms with E-state index in [1.54, 1.807) is 58.0 Å². The minimum Gasteiger partial charge on any atom is -0.464 e. The lowest BCUT2D eigenvalue weighted by molar-refractivity contribution is -0.384. The summed E-state index contributed by atoms with van der Waals surface area (Å²) >= 11 is 0. The molecule has 1 heterocycles. The monoisotopic (exact) mass is 628 g/mol. The number of hydrogen-bond acceptors (Lipinski definition) is 11. The van der Waals surface area contributed by atoms with E-state index >= 15 is 0 Å². The fourth-order valence-electron chi connectivity index (χ4n) is 4.43. The van der Waals surface area contributed by atoms with Gasteiger partial charge in [-0.15, -0.1) is 0 Å². The molecule has 15 heteroatoms. The highest BCUT2D eigenvalue weighted by Gasteiger charge is 2.48. The summed E-state index contributed by atoms with van der Waals surface area (Å²) in [4.78, 5) is 76.7. The lowest BCUT2D eigenvalue weighted by Crippen LogP contribution is -2.59. The molecular formula is C30H36N4O11. The molecule has 0 aliphatic carbocycles. The average Bonchev–Trinajstić information content (AvgIpc) is 3.43. The van der Waals surface area contributed by atoms with Crippen LogP contribution in [0.4, 0.5) is 15.3 Å². The van der Waals surface area contributed by atoms with Crippen molar-refractivity contribution in [3.63, 3.8) is 0 Å². The van der Waals surface area contributed by atoms with Gasteiger partial charge in [-0.3, -0.25) is 14.9 Å². The van der Waals surface area contributed by atoms with Gasteiger partial charge in [0.25, 0.3) is 5.69 Å². The van der Waals surface area contributed by atoms with Crippen molar-refractivity contribution in [2.24, 2.45) is 0 Å². The summed E-state index contributed by atoms with van der Waals surface area (Å²) in [7, 11) is 0. The number of carbonyl (C=O) groups is 5. The van der Waals surface area contributed by atoms with E-state index in [1.165, 1.54) is 12.1 Å². The normalized spacial score (nSPS) is 16.6. The largest absolute Gasteiger partial charge is 0.464 e. The number of benzene rings is 2. The number of hydrogen-bond donors (Lipinski definition) is 2. The van der Waals surface area contributed by atoms with E-state index in [4.69, 9.17) is 18.9 Å². The van der Waals surface area contributed by atoms with Crippen LogP contribution in [-0.4, -0.2) is 76.7 Å². The Morgan fingerprint density at radius 1 is 0.933 bits per heavy atom. The predicted molar refractivity (Wildman–Crippen MR) is 157 cm³/mol. The van der Waals surface area contributed by atoms with E-state index in [1.807, 2.05) is 0 Å². The standard InChI is InChI=1S/C30H36N4O11/c1-5-42-26(36)23-15-16-24(27(37)44-21-13-11-20(12-14-21)34(40)41)33(23)25(35)22(17-31-28(38)45-30(2,3)4)32-29(39)43-18-19-9-7-6-8-10-19/h6-14,22-24H,5,15-18H2,1-4H3,(H,31,38)(H,32,39)/t22-,23-,24+/m0/s1. The molecule has 242 valence electrons. The molecule has 3 amide bonds. The summed E-state index contributed by atoms with van der Waals surface area (Å²) in [5.41, 5.74) is -0.402. The molecule has 1 aliphatic rings. The van der Waals surface area contributed by atoms with Gasteiger partial charge in [0.2, 0.25) is 5.91 Å². The smallest absolute Gasteiger partial charge is 0.408 e. The van der Waals surface area contributed by atoms with Crippen molar-refractivity contribution in [2.75, 3.05) is 13.2 Å². The Balaban J connectivity index is 1.85. The lowest BCUT2D eigenvalue weighted by Gasteiger charge is -2.31. The van der Waals surface area contributed by atoms with Crippen LogP contribution in [0, 0.1) is 10.1 Å². The van der Waals surface area contributed by atoms with E-state index in [-0.39, 0.29) is 37.5 Å². The molecule has 1 fully saturated rings. The molecule has 0 spiro atoms. The SMILES string of the molecule is CCOC(=O)[C@@H]1CC[C@H](C(=O)Oc2ccc([N+](=O)[O-])cc2)N1C(=O)[C@H](CNC(=O)OC(C)(C)C)NC(=O)OCc1ccccc1. The van der Waals surface area contributed by atoms with Gasteiger partial charge >= 0.3 is 24.1 Å². The second-order valence-corrected chi connectivity index (χ2v) is 10.9. The number of nitrogens with zero attached hydrogens (tertiary/aromatic N) is 2. The number of nitro benzene ring substituents is 1. The molecule has 2 N–H and O–H groups in total. The van der Waals surface area contributed by atoms with Gasteiger partial charge in [-0.05, 0) is 58.2 Å². The van der Waals surface area contributed by atoms with E-state index in [0.29, 0.717) is 5.56 Å². The zero-order chi connectivity index (χ0) is 33.1. The number of carbonyl (C=O) groups excluding carboxylic acids is 5. The average molecular weight is 629 g/mol. The minimum absolute atomic E-state index is 0.00294. The number of alkyl carbamates (subject to hydrolysis) is 2. The molecule has 3 rings (SSSR count). The van der Waals surface area contributed by atoms with E-state index in [9.17, 15) is 34.1 Å². The summed E-state index contributed by atoms with van der Waals surface area (Å²) in [5, 5.41) is 15.8. The second kappa shape index (κ2) is 15.5. The first kappa shape index (κ1) is 34.3. The summed E-state index contributed by atoms with van der Waals surface area (Å²) < 4.78 is 21.0. The second-order valence-electron chi connectivity index (χ2n) is 10.9. The highest BCUT2D eigenvalue weighted by Crippen LogP contribution is 2.28. The van der Waals surface area contributed by atoms with Gasteiger partial charge in [0.15, 0.2) is 0 Å². The highest BCUT2D eigenvalue weighted by atomic mass is 16.6. The Morgan fingerprint density at radius 2 is 1.56 bits per heavy atom. The van der Waals surface area contributed by atoms with Gasteiger partial charge in [0.05, 0.1) is 18.1 Å². The molecular weight excluding hydrogens is 592 g/mol. The third-order valence-corrected chi connectivity index (χ3v) is 6.39. The maximum absolute atomic E-state index is 14.0. The van der Waals surface area contributed by atoms with Gasteiger partial charge in [-0.2, -0.15) is 0 Å². The maximum Gasteiger partial charge on any atom is 0.408 e. The first-order valence-electron chi connectivity index (χ1n) is 14.2. The molecule has 0 bridgehead atoms. The number of esters is 2. The number of non-ortho nitro benzene ring substituents is 1. The Labute approximate surface area is 259 Å². The van der Waals surface area contributed by atoms with Crippen LogP contribution in [0.3, 0.4) is 0 Å². The molecule has 3 atom stereocenters. The summed E-state index contributed by atoms with van der Waals surface area (Å²) in [5.74, 6) is -2.62. The quantitative estimate of drug-likeness (QED) is 0.122. The van der Waals surface area contributed by atoms with Crippen LogP contribution in [0.15, 0.2) is 54.6 Å². The number of likely N-dealkylation sites (tertiary alicyclic amines) is 1. The summed E-state index contributed by atoms with van der Waals surface area (Å²) in [6.07, 6.45) is -1.83. The van der Waals surface area contributed by atoms with Gasteiger partial charge in [0.1, 0.15) is 36.1 Å². The molecule has 15 nitrogen and oxygen atoms in total. The van der Waals surface area contributed by atoms with Crippen molar-refractivity contribution < 1.29 is 47.8 Å². The van der Waals surface area contributed by atoms with Gasteiger partial charge in [-0.1, -0.05) is 30.3 Å². The van der Waals surface area contributed by atoms with E-state index < -0.39 is 65.2 Å². The van der Waals surface area contributed by atoms with Crippen molar-refractivity contribution >= 4 is 35.7 Å². The number of rotatable bonds is 11. The molecule has 2 aromatic carbocycles. The summed E-state index contributed by atoms with van der Waals surface area (Å²) in [6, 6.07) is 9.48. The minimum atomic E-state index is -1.51. The van der Waals surface area contributed by atoms with Gasteiger partial charge in [-0.25, -0.2) is 19.2 Å². The first-order chi connectivity index (χ1) is 21.3. The van der Waals surface area contributed by atoms with Crippen LogP contribution in [0.25, 0.3) is 0 Å². The molecule has 1 aliphatic heterocycles. The van der Waals surface area contributed by atoms with E-state index in [0.717, 1.165) is 17.0 Å². The van der Waals surface area contributed by atoms with Gasteiger partial charge < -0.3 is 34.5 Å². The zero-order valence-electron chi connectivity index (χ0n) is 25.3. The molecule has 0 unspecified atom stereocenters. The van der Waals surface area contributed by atoms with Crippen LogP contribution >= 0.6 is 0 Å². The third kappa shape index (κ3) is 10.2. The topological polar surface area (TPSA) is 193 Å². The Kier molecular flexibility index (Phi) is 11.8. The zero-order valence-corrected chi connectivity index (χ0v) is 25.3. The van der Waals surface area contributed by atoms with Gasteiger partial charge in [0, 0.05) is 12.1 Å².